The third kappa shape index (κ3) is 4.58. The first-order valence-corrected chi connectivity index (χ1v) is 9.57. The predicted octanol–water partition coefficient (Wildman–Crippen LogP) is 1.01. The van der Waals surface area contributed by atoms with Crippen LogP contribution in [0.15, 0.2) is 22.8 Å². The highest BCUT2D eigenvalue weighted by atomic mass is 32.2. The average molecular weight is 328 g/mol. The summed E-state index contributed by atoms with van der Waals surface area (Å²) in [7, 11) is -2.97. The lowest BCUT2D eigenvalue weighted by Gasteiger charge is -2.22. The number of sulfone groups is 1. The summed E-state index contributed by atoms with van der Waals surface area (Å²) in [4.78, 5) is 14.2. The van der Waals surface area contributed by atoms with E-state index in [2.05, 4.69) is 24.1 Å². The van der Waals surface area contributed by atoms with Crippen molar-refractivity contribution in [2.45, 2.75) is 19.9 Å². The SMILES string of the molecule is CC(C)[C@@H]1CN(CCS(C)(=O)=O)C[C@H]1NC(=O)c1ccco1. The number of rotatable bonds is 6. The largest absolute Gasteiger partial charge is 0.459 e. The van der Waals surface area contributed by atoms with E-state index in [9.17, 15) is 13.2 Å². The van der Waals surface area contributed by atoms with Crippen molar-refractivity contribution < 1.29 is 17.6 Å². The Labute approximate surface area is 131 Å². The lowest BCUT2D eigenvalue weighted by atomic mass is 9.91. The first kappa shape index (κ1) is 17.0. The van der Waals surface area contributed by atoms with Gasteiger partial charge in [-0.05, 0) is 24.0 Å². The number of hydrogen-bond acceptors (Lipinski definition) is 5. The summed E-state index contributed by atoms with van der Waals surface area (Å²) in [5, 5.41) is 3.02. The predicted molar refractivity (Wildman–Crippen MR) is 84.4 cm³/mol. The molecule has 1 amide bonds. The normalized spacial score (nSPS) is 23.1. The van der Waals surface area contributed by atoms with E-state index in [1.807, 2.05) is 0 Å². The van der Waals surface area contributed by atoms with Gasteiger partial charge in [-0.3, -0.25) is 9.69 Å². The molecule has 0 unspecified atom stereocenters. The fraction of sp³-hybridized carbons (Fsp3) is 0.667. The molecular formula is C15H24N2O4S. The highest BCUT2D eigenvalue weighted by Gasteiger charge is 2.36. The highest BCUT2D eigenvalue weighted by molar-refractivity contribution is 7.90. The Morgan fingerprint density at radius 1 is 1.45 bits per heavy atom. The maximum Gasteiger partial charge on any atom is 0.287 e. The Kier molecular flexibility index (Phi) is 5.28. The second kappa shape index (κ2) is 6.83. The smallest absolute Gasteiger partial charge is 0.287 e. The Morgan fingerprint density at radius 2 is 2.18 bits per heavy atom. The van der Waals surface area contributed by atoms with E-state index in [1.54, 1.807) is 12.1 Å². The number of nitrogens with one attached hydrogen (secondary N) is 1. The number of hydrogen-bond donors (Lipinski definition) is 1. The summed E-state index contributed by atoms with van der Waals surface area (Å²) >= 11 is 0. The van der Waals surface area contributed by atoms with Crippen molar-refractivity contribution in [3.8, 4) is 0 Å². The molecule has 0 spiro atoms. The summed E-state index contributed by atoms with van der Waals surface area (Å²) in [6.45, 7) is 6.23. The Balaban J connectivity index is 1.98. The van der Waals surface area contributed by atoms with E-state index >= 15 is 0 Å². The molecule has 1 saturated heterocycles. The van der Waals surface area contributed by atoms with Crippen molar-refractivity contribution in [1.29, 1.82) is 0 Å². The number of carbonyl (C=O) groups is 1. The third-order valence-electron chi connectivity index (χ3n) is 4.14. The zero-order valence-electron chi connectivity index (χ0n) is 13.3. The Bertz CT molecular complexity index is 595. The van der Waals surface area contributed by atoms with Gasteiger partial charge in [0.25, 0.3) is 5.91 Å². The molecule has 2 rings (SSSR count). The van der Waals surface area contributed by atoms with Crippen LogP contribution >= 0.6 is 0 Å². The van der Waals surface area contributed by atoms with Gasteiger partial charge in [0, 0.05) is 31.9 Å². The molecule has 1 aliphatic heterocycles. The molecule has 1 aromatic heterocycles. The first-order chi connectivity index (χ1) is 10.3. The second-order valence-electron chi connectivity index (χ2n) is 6.35. The van der Waals surface area contributed by atoms with Crippen molar-refractivity contribution >= 4 is 15.7 Å². The molecule has 1 aromatic rings. The maximum absolute atomic E-state index is 12.1. The molecule has 2 heterocycles. The van der Waals surface area contributed by atoms with Gasteiger partial charge in [-0.15, -0.1) is 0 Å². The van der Waals surface area contributed by atoms with Crippen LogP contribution in [0, 0.1) is 11.8 Å². The minimum atomic E-state index is -2.97. The van der Waals surface area contributed by atoms with Gasteiger partial charge in [-0.1, -0.05) is 13.8 Å². The zero-order chi connectivity index (χ0) is 16.3. The van der Waals surface area contributed by atoms with Crippen LogP contribution in [0.3, 0.4) is 0 Å². The number of carbonyl (C=O) groups excluding carboxylic acids is 1. The van der Waals surface area contributed by atoms with E-state index in [0.29, 0.717) is 30.7 Å². The molecule has 0 saturated carbocycles. The topological polar surface area (TPSA) is 79.6 Å². The number of furan rings is 1. The van der Waals surface area contributed by atoms with Crippen molar-refractivity contribution in [3.05, 3.63) is 24.2 Å². The van der Waals surface area contributed by atoms with E-state index in [4.69, 9.17) is 4.42 Å². The van der Waals surface area contributed by atoms with Gasteiger partial charge in [0.15, 0.2) is 5.76 Å². The van der Waals surface area contributed by atoms with Crippen LogP contribution < -0.4 is 5.32 Å². The number of amides is 1. The molecule has 7 heteroatoms. The van der Waals surface area contributed by atoms with Crippen LogP contribution in [0.25, 0.3) is 0 Å². The molecule has 2 atom stereocenters. The highest BCUT2D eigenvalue weighted by Crippen LogP contribution is 2.24. The molecule has 0 bridgehead atoms. The summed E-state index contributed by atoms with van der Waals surface area (Å²) < 4.78 is 27.7. The monoisotopic (exact) mass is 328 g/mol. The summed E-state index contributed by atoms with van der Waals surface area (Å²) in [5.41, 5.74) is 0. The van der Waals surface area contributed by atoms with Gasteiger partial charge >= 0.3 is 0 Å². The van der Waals surface area contributed by atoms with Crippen LogP contribution in [-0.2, 0) is 9.84 Å². The third-order valence-corrected chi connectivity index (χ3v) is 5.06. The zero-order valence-corrected chi connectivity index (χ0v) is 14.1. The van der Waals surface area contributed by atoms with Gasteiger partial charge in [0.05, 0.1) is 12.0 Å². The molecule has 6 nitrogen and oxygen atoms in total. The molecule has 22 heavy (non-hydrogen) atoms. The molecule has 1 fully saturated rings. The summed E-state index contributed by atoms with van der Waals surface area (Å²) in [5.74, 6) is 0.947. The molecule has 1 aliphatic rings. The van der Waals surface area contributed by atoms with Crippen LogP contribution in [0.2, 0.25) is 0 Å². The standard InChI is InChI=1S/C15H24N2O4S/c1-11(2)12-9-17(6-8-22(3,19)20)10-13(12)16-15(18)14-5-4-7-21-14/h4-5,7,11-13H,6,8-10H2,1-3H3,(H,16,18)/t12-,13+/m0/s1. The minimum Gasteiger partial charge on any atom is -0.459 e. The molecular weight excluding hydrogens is 304 g/mol. The average Bonchev–Trinajstić information content (AvgIpc) is 3.04. The van der Waals surface area contributed by atoms with E-state index in [0.717, 1.165) is 6.54 Å². The summed E-state index contributed by atoms with van der Waals surface area (Å²) in [6.07, 6.45) is 2.72. The van der Waals surface area contributed by atoms with Crippen molar-refractivity contribution in [3.63, 3.8) is 0 Å². The quantitative estimate of drug-likeness (QED) is 0.843. The van der Waals surface area contributed by atoms with Crippen molar-refractivity contribution in [1.82, 2.24) is 10.2 Å². The summed E-state index contributed by atoms with van der Waals surface area (Å²) in [6, 6.07) is 3.33. The molecule has 124 valence electrons. The Morgan fingerprint density at radius 3 is 2.73 bits per heavy atom. The van der Waals surface area contributed by atoms with Crippen molar-refractivity contribution in [2.75, 3.05) is 31.6 Å². The van der Waals surface area contributed by atoms with Crippen LogP contribution in [0.4, 0.5) is 0 Å². The fourth-order valence-corrected chi connectivity index (χ4v) is 3.46. The van der Waals surface area contributed by atoms with Gasteiger partial charge in [-0.2, -0.15) is 0 Å². The number of nitrogens with zero attached hydrogens (tertiary/aromatic N) is 1. The van der Waals surface area contributed by atoms with E-state index in [1.165, 1.54) is 12.5 Å². The van der Waals surface area contributed by atoms with Crippen molar-refractivity contribution in [2.24, 2.45) is 11.8 Å². The van der Waals surface area contributed by atoms with E-state index < -0.39 is 9.84 Å². The van der Waals surface area contributed by atoms with Gasteiger partial charge in [0.2, 0.25) is 0 Å². The van der Waals surface area contributed by atoms with Gasteiger partial charge < -0.3 is 9.73 Å². The molecule has 0 aliphatic carbocycles. The maximum atomic E-state index is 12.1. The lowest BCUT2D eigenvalue weighted by Crippen LogP contribution is -2.42. The second-order valence-corrected chi connectivity index (χ2v) is 8.61. The number of likely N-dealkylation sites (tertiary alicyclic amines) is 1. The van der Waals surface area contributed by atoms with Crippen LogP contribution in [-0.4, -0.2) is 56.9 Å². The van der Waals surface area contributed by atoms with Crippen LogP contribution in [0.5, 0.6) is 0 Å². The fourth-order valence-electron chi connectivity index (χ4n) is 2.87. The minimum absolute atomic E-state index is 0.0113. The first-order valence-electron chi connectivity index (χ1n) is 7.50. The van der Waals surface area contributed by atoms with Gasteiger partial charge in [0.1, 0.15) is 9.84 Å². The van der Waals surface area contributed by atoms with Crippen LogP contribution in [0.1, 0.15) is 24.4 Å². The Hall–Kier alpha value is -1.34. The molecule has 0 radical (unpaired) electrons. The molecule has 0 aromatic carbocycles. The van der Waals surface area contributed by atoms with E-state index in [-0.39, 0.29) is 17.7 Å². The lowest BCUT2D eigenvalue weighted by molar-refractivity contribution is 0.0897. The molecule has 1 N–H and O–H groups in total. The van der Waals surface area contributed by atoms with Gasteiger partial charge in [-0.25, -0.2) is 8.42 Å².